The van der Waals surface area contributed by atoms with E-state index in [4.69, 9.17) is 10.2 Å². The molecule has 1 rings (SSSR count). The Bertz CT molecular complexity index is 336. The van der Waals surface area contributed by atoms with Crippen LogP contribution >= 0.6 is 22.6 Å². The molecular weight excluding hydrogens is 283 g/mol. The molecule has 1 aromatic rings. The normalized spacial score (nSPS) is 12.5. The third kappa shape index (κ3) is 2.33. The molecule has 0 aliphatic carbocycles. The number of phenols is 1. The van der Waals surface area contributed by atoms with Crippen LogP contribution in [-0.2, 0) is 4.79 Å². The van der Waals surface area contributed by atoms with Crippen molar-refractivity contribution in [2.75, 3.05) is 0 Å². The van der Waals surface area contributed by atoms with Crippen LogP contribution in [0.25, 0.3) is 0 Å². The molecule has 0 radical (unpaired) electrons. The van der Waals surface area contributed by atoms with Crippen molar-refractivity contribution in [2.45, 2.75) is 12.8 Å². The fourth-order valence-electron chi connectivity index (χ4n) is 1.00. The molecule has 0 spiro atoms. The maximum Gasteiger partial charge on any atom is 0.310 e. The smallest absolute Gasteiger partial charge is 0.310 e. The van der Waals surface area contributed by atoms with E-state index in [0.717, 1.165) is 9.13 Å². The second-order valence-corrected chi connectivity index (χ2v) is 3.93. The quantitative estimate of drug-likeness (QED) is 0.821. The Kier molecular flexibility index (Phi) is 3.13. The molecule has 0 heterocycles. The van der Waals surface area contributed by atoms with E-state index in [1.807, 2.05) is 22.6 Å². The van der Waals surface area contributed by atoms with Crippen LogP contribution in [0.5, 0.6) is 5.75 Å². The predicted octanol–water partition coefficient (Wildman–Crippen LogP) is 2.18. The number of aromatic hydroxyl groups is 1. The van der Waals surface area contributed by atoms with E-state index in [0.29, 0.717) is 0 Å². The predicted molar refractivity (Wildman–Crippen MR) is 56.9 cm³/mol. The van der Waals surface area contributed by atoms with Crippen molar-refractivity contribution in [3.63, 3.8) is 0 Å². The van der Waals surface area contributed by atoms with Crippen LogP contribution in [0.1, 0.15) is 18.4 Å². The molecule has 1 aromatic carbocycles. The van der Waals surface area contributed by atoms with Crippen LogP contribution in [0.3, 0.4) is 0 Å². The zero-order valence-electron chi connectivity index (χ0n) is 6.99. The van der Waals surface area contributed by atoms with Crippen molar-refractivity contribution in [1.82, 2.24) is 0 Å². The lowest BCUT2D eigenvalue weighted by atomic mass is 10.0. The highest BCUT2D eigenvalue weighted by molar-refractivity contribution is 14.1. The molecule has 13 heavy (non-hydrogen) atoms. The molecule has 0 aliphatic rings. The van der Waals surface area contributed by atoms with Gasteiger partial charge in [-0.1, -0.05) is 6.07 Å². The largest absolute Gasteiger partial charge is 0.508 e. The number of hydrogen-bond donors (Lipinski definition) is 2. The minimum atomic E-state index is -0.858. The molecule has 1 unspecified atom stereocenters. The summed E-state index contributed by atoms with van der Waals surface area (Å²) in [5, 5.41) is 17.9. The second kappa shape index (κ2) is 3.95. The SMILES string of the molecule is CC(C(=O)O)c1ccc(O)cc1I. The number of carboxylic acids is 1. The zero-order valence-corrected chi connectivity index (χ0v) is 9.15. The molecule has 0 fully saturated rings. The number of carbonyl (C=O) groups is 1. The maximum absolute atomic E-state index is 10.7. The number of carboxylic acid groups (broad SMARTS) is 1. The molecule has 0 saturated carbocycles. The van der Waals surface area contributed by atoms with E-state index in [2.05, 4.69) is 0 Å². The van der Waals surface area contributed by atoms with Crippen LogP contribution in [0.4, 0.5) is 0 Å². The second-order valence-electron chi connectivity index (χ2n) is 2.77. The standard InChI is InChI=1S/C9H9IO3/c1-5(9(12)13)7-3-2-6(11)4-8(7)10/h2-5,11H,1H3,(H,12,13). The highest BCUT2D eigenvalue weighted by Crippen LogP contribution is 2.25. The van der Waals surface area contributed by atoms with Gasteiger partial charge in [-0.25, -0.2) is 0 Å². The molecule has 0 amide bonds. The van der Waals surface area contributed by atoms with E-state index in [9.17, 15) is 4.79 Å². The maximum atomic E-state index is 10.7. The fourth-order valence-corrected chi connectivity index (χ4v) is 1.97. The first-order chi connectivity index (χ1) is 6.02. The van der Waals surface area contributed by atoms with Gasteiger partial charge in [0.05, 0.1) is 5.92 Å². The highest BCUT2D eigenvalue weighted by Gasteiger charge is 2.16. The summed E-state index contributed by atoms with van der Waals surface area (Å²) in [4.78, 5) is 10.7. The lowest BCUT2D eigenvalue weighted by Gasteiger charge is -2.08. The molecular formula is C9H9IO3. The van der Waals surface area contributed by atoms with E-state index in [1.165, 1.54) is 6.07 Å². The summed E-state index contributed by atoms with van der Waals surface area (Å²) in [6.07, 6.45) is 0. The number of hydrogen-bond acceptors (Lipinski definition) is 2. The first-order valence-corrected chi connectivity index (χ1v) is 4.81. The Balaban J connectivity index is 3.08. The van der Waals surface area contributed by atoms with Crippen LogP contribution in [0.2, 0.25) is 0 Å². The van der Waals surface area contributed by atoms with Gasteiger partial charge in [0.2, 0.25) is 0 Å². The van der Waals surface area contributed by atoms with Crippen molar-refractivity contribution < 1.29 is 15.0 Å². The summed E-state index contributed by atoms with van der Waals surface area (Å²) >= 11 is 2.01. The highest BCUT2D eigenvalue weighted by atomic mass is 127. The van der Waals surface area contributed by atoms with Gasteiger partial charge in [0.1, 0.15) is 5.75 Å². The number of halogens is 1. The van der Waals surface area contributed by atoms with Gasteiger partial charge in [-0.2, -0.15) is 0 Å². The Morgan fingerprint density at radius 3 is 2.62 bits per heavy atom. The van der Waals surface area contributed by atoms with Gasteiger partial charge in [0.15, 0.2) is 0 Å². The number of benzene rings is 1. The van der Waals surface area contributed by atoms with Gasteiger partial charge in [-0.05, 0) is 47.2 Å². The topological polar surface area (TPSA) is 57.5 Å². The average Bonchev–Trinajstić information content (AvgIpc) is 2.03. The molecule has 0 aromatic heterocycles. The molecule has 0 aliphatic heterocycles. The number of rotatable bonds is 2. The molecule has 70 valence electrons. The first-order valence-electron chi connectivity index (χ1n) is 3.73. The minimum Gasteiger partial charge on any atom is -0.508 e. The Morgan fingerprint density at radius 1 is 1.54 bits per heavy atom. The molecule has 1 atom stereocenters. The van der Waals surface area contributed by atoms with Gasteiger partial charge in [-0.3, -0.25) is 4.79 Å². The molecule has 3 nitrogen and oxygen atoms in total. The third-order valence-corrected chi connectivity index (χ3v) is 2.76. The Hall–Kier alpha value is -0.780. The summed E-state index contributed by atoms with van der Waals surface area (Å²) in [6, 6.07) is 4.68. The molecule has 0 saturated heterocycles. The van der Waals surface area contributed by atoms with E-state index in [1.54, 1.807) is 19.1 Å². The summed E-state index contributed by atoms with van der Waals surface area (Å²) in [5.74, 6) is -1.23. The van der Waals surface area contributed by atoms with Gasteiger partial charge in [0, 0.05) is 3.57 Å². The fraction of sp³-hybridized carbons (Fsp3) is 0.222. The van der Waals surface area contributed by atoms with E-state index in [-0.39, 0.29) is 5.75 Å². The zero-order chi connectivity index (χ0) is 10.0. The Labute approximate surface area is 89.5 Å². The van der Waals surface area contributed by atoms with E-state index >= 15 is 0 Å². The van der Waals surface area contributed by atoms with Crippen molar-refractivity contribution in [2.24, 2.45) is 0 Å². The van der Waals surface area contributed by atoms with Crippen molar-refractivity contribution in [3.05, 3.63) is 27.3 Å². The number of aliphatic carboxylic acids is 1. The first kappa shape index (κ1) is 10.3. The summed E-state index contributed by atoms with van der Waals surface area (Å²) in [6.45, 7) is 1.62. The lowest BCUT2D eigenvalue weighted by Crippen LogP contribution is -2.08. The van der Waals surface area contributed by atoms with Gasteiger partial charge < -0.3 is 10.2 Å². The average molecular weight is 292 g/mol. The lowest BCUT2D eigenvalue weighted by molar-refractivity contribution is -0.138. The number of phenolic OH excluding ortho intramolecular Hbond substituents is 1. The van der Waals surface area contributed by atoms with Gasteiger partial charge >= 0.3 is 5.97 Å². The van der Waals surface area contributed by atoms with Crippen LogP contribution in [-0.4, -0.2) is 16.2 Å². The Morgan fingerprint density at radius 2 is 2.15 bits per heavy atom. The van der Waals surface area contributed by atoms with Crippen molar-refractivity contribution in [1.29, 1.82) is 0 Å². The monoisotopic (exact) mass is 292 g/mol. The molecule has 0 bridgehead atoms. The summed E-state index contributed by atoms with van der Waals surface area (Å²) in [5.41, 5.74) is 0.728. The summed E-state index contributed by atoms with van der Waals surface area (Å²) < 4.78 is 0.771. The molecule has 4 heteroatoms. The molecule has 2 N–H and O–H groups in total. The van der Waals surface area contributed by atoms with Gasteiger partial charge in [0.25, 0.3) is 0 Å². The van der Waals surface area contributed by atoms with E-state index < -0.39 is 11.9 Å². The van der Waals surface area contributed by atoms with Crippen molar-refractivity contribution in [3.8, 4) is 5.75 Å². The van der Waals surface area contributed by atoms with Crippen LogP contribution in [0, 0.1) is 3.57 Å². The minimum absolute atomic E-state index is 0.158. The third-order valence-electron chi connectivity index (χ3n) is 1.82. The van der Waals surface area contributed by atoms with Crippen LogP contribution in [0.15, 0.2) is 18.2 Å². The van der Waals surface area contributed by atoms with Gasteiger partial charge in [-0.15, -0.1) is 0 Å². The van der Waals surface area contributed by atoms with Crippen molar-refractivity contribution >= 4 is 28.6 Å². The summed E-state index contributed by atoms with van der Waals surface area (Å²) in [7, 11) is 0. The van der Waals surface area contributed by atoms with Crippen LogP contribution < -0.4 is 0 Å².